The zero-order valence-corrected chi connectivity index (χ0v) is 14.9. The van der Waals surface area contributed by atoms with Gasteiger partial charge in [-0.2, -0.15) is 8.42 Å². The number of ether oxygens (including phenoxy) is 2. The van der Waals surface area contributed by atoms with Crippen LogP contribution < -0.4 is 9.47 Å². The third-order valence-electron chi connectivity index (χ3n) is 3.95. The van der Waals surface area contributed by atoms with Crippen molar-refractivity contribution in [2.24, 2.45) is 4.40 Å². The minimum absolute atomic E-state index is 0.192. The number of hydrazine groups is 1. The zero-order chi connectivity index (χ0) is 18.2. The molecule has 2 aromatic carbocycles. The summed E-state index contributed by atoms with van der Waals surface area (Å²) in [4.78, 5) is 0.192. The van der Waals surface area contributed by atoms with Crippen molar-refractivity contribution in [2.45, 2.75) is 4.90 Å². The summed E-state index contributed by atoms with van der Waals surface area (Å²) in [7, 11) is 1.10. The molecule has 0 fully saturated rings. The van der Waals surface area contributed by atoms with Gasteiger partial charge in [0.1, 0.15) is 4.90 Å². The first-order valence-corrected chi connectivity index (χ1v) is 8.83. The van der Waals surface area contributed by atoms with Crippen LogP contribution in [0.25, 0.3) is 0 Å². The van der Waals surface area contributed by atoms with Gasteiger partial charge in [0.2, 0.25) is 11.5 Å². The molecular formula is C17H18N3O4S+. The van der Waals surface area contributed by atoms with Gasteiger partial charge in [0, 0.05) is 11.6 Å². The van der Waals surface area contributed by atoms with Gasteiger partial charge >= 0.3 is 0 Å². The Morgan fingerprint density at radius 3 is 2.44 bits per heavy atom. The van der Waals surface area contributed by atoms with E-state index < -0.39 is 10.0 Å². The van der Waals surface area contributed by atoms with Crippen molar-refractivity contribution in [3.63, 3.8) is 0 Å². The van der Waals surface area contributed by atoms with Crippen molar-refractivity contribution in [1.82, 2.24) is 5.01 Å². The van der Waals surface area contributed by atoms with Gasteiger partial charge < -0.3 is 9.47 Å². The molecule has 0 saturated heterocycles. The van der Waals surface area contributed by atoms with Gasteiger partial charge in [0.05, 0.1) is 27.3 Å². The lowest BCUT2D eigenvalue weighted by Crippen LogP contribution is -2.33. The molecule has 0 aliphatic carbocycles. The molecule has 1 aliphatic rings. The van der Waals surface area contributed by atoms with E-state index in [2.05, 4.69) is 11.1 Å². The number of hydrazone groups is 1. The van der Waals surface area contributed by atoms with E-state index in [0.717, 1.165) is 0 Å². The Labute approximate surface area is 146 Å². The first-order valence-electron chi connectivity index (χ1n) is 7.39. The molecule has 0 aromatic heterocycles. The van der Waals surface area contributed by atoms with Crippen LogP contribution in [0.15, 0.2) is 51.8 Å². The fourth-order valence-electron chi connectivity index (χ4n) is 2.59. The molecule has 3 rings (SSSR count). The van der Waals surface area contributed by atoms with Crippen LogP contribution in [0.5, 0.6) is 11.5 Å². The van der Waals surface area contributed by atoms with Gasteiger partial charge in [-0.1, -0.05) is 16.8 Å². The quantitative estimate of drug-likeness (QED) is 0.474. The number of fused-ring (bicyclic) bond motifs is 1. The number of methoxy groups -OCH3 is 2. The van der Waals surface area contributed by atoms with Gasteiger partial charge in [-0.3, -0.25) is 0 Å². The number of sulfonamides is 1. The standard InChI is InChI=1S/C17H18N3O4S/c1-19(12-9-10-14(23-3)15(11-12)24-4)20(2)17-13-7-5-6-8-16(13)25(21,22)18-17/h5-11H,1H2,2-4H3/q+1. The molecule has 130 valence electrons. The Hall–Kier alpha value is -2.87. The van der Waals surface area contributed by atoms with Crippen molar-refractivity contribution in [1.29, 1.82) is 0 Å². The average Bonchev–Trinajstić information content (AvgIpc) is 2.91. The molecule has 2 aromatic rings. The maximum Gasteiger partial charge on any atom is 0.285 e. The Kier molecular flexibility index (Phi) is 4.22. The van der Waals surface area contributed by atoms with E-state index in [1.807, 2.05) is 0 Å². The normalized spacial score (nSPS) is 14.4. The molecule has 1 aliphatic heterocycles. The van der Waals surface area contributed by atoms with Crippen molar-refractivity contribution >= 4 is 28.3 Å². The average molecular weight is 360 g/mol. The predicted octanol–water partition coefficient (Wildman–Crippen LogP) is 2.04. The molecule has 0 N–H and O–H groups in total. The summed E-state index contributed by atoms with van der Waals surface area (Å²) in [6.45, 7) is 3.99. The molecule has 1 heterocycles. The topological polar surface area (TPSA) is 71.2 Å². The first-order chi connectivity index (χ1) is 11.9. The van der Waals surface area contributed by atoms with E-state index in [1.165, 1.54) is 0 Å². The van der Waals surface area contributed by atoms with Gasteiger partial charge in [0.15, 0.2) is 18.2 Å². The van der Waals surface area contributed by atoms with Crippen LogP contribution in [0.3, 0.4) is 0 Å². The van der Waals surface area contributed by atoms with Gasteiger partial charge in [-0.25, -0.2) is 0 Å². The molecule has 0 saturated carbocycles. The number of rotatable bonds is 4. The second kappa shape index (κ2) is 6.21. The monoisotopic (exact) mass is 360 g/mol. The molecule has 8 heteroatoms. The lowest BCUT2D eigenvalue weighted by molar-refractivity contribution is -0.581. The zero-order valence-electron chi connectivity index (χ0n) is 14.1. The molecule has 0 atom stereocenters. The second-order valence-electron chi connectivity index (χ2n) is 5.35. The molecule has 7 nitrogen and oxygen atoms in total. The molecule has 25 heavy (non-hydrogen) atoms. The highest BCUT2D eigenvalue weighted by Crippen LogP contribution is 2.32. The van der Waals surface area contributed by atoms with E-state index in [9.17, 15) is 8.42 Å². The summed E-state index contributed by atoms with van der Waals surface area (Å²) in [5.41, 5.74) is 1.23. The third-order valence-corrected chi connectivity index (χ3v) is 5.27. The van der Waals surface area contributed by atoms with Crippen LogP contribution in [-0.2, 0) is 10.0 Å². The third kappa shape index (κ3) is 2.85. The Bertz CT molecular complexity index is 983. The largest absolute Gasteiger partial charge is 0.493 e. The highest BCUT2D eigenvalue weighted by atomic mass is 32.2. The Balaban J connectivity index is 2.00. The number of nitrogens with zero attached hydrogens (tertiary/aromatic N) is 3. The molecular weight excluding hydrogens is 342 g/mol. The van der Waals surface area contributed by atoms with Crippen molar-refractivity contribution in [3.8, 4) is 11.5 Å². The van der Waals surface area contributed by atoms with Crippen molar-refractivity contribution < 1.29 is 22.6 Å². The van der Waals surface area contributed by atoms with Crippen molar-refractivity contribution in [3.05, 3.63) is 48.0 Å². The summed E-state index contributed by atoms with van der Waals surface area (Å²) >= 11 is 0. The van der Waals surface area contributed by atoms with Crippen LogP contribution in [0.1, 0.15) is 5.56 Å². The van der Waals surface area contributed by atoms with Crippen LogP contribution in [0, 0.1) is 0 Å². The summed E-state index contributed by atoms with van der Waals surface area (Å²) in [5, 5.41) is 1.57. The van der Waals surface area contributed by atoms with Gasteiger partial charge in [-0.15, -0.1) is 9.41 Å². The smallest absolute Gasteiger partial charge is 0.285 e. The summed E-state index contributed by atoms with van der Waals surface area (Å²) < 4.78 is 40.4. The SMILES string of the molecule is C=[N+](c1ccc(OC)c(OC)c1)N(C)C1=NS(=O)(=O)c2ccccc21. The fourth-order valence-corrected chi connectivity index (χ4v) is 3.83. The lowest BCUT2D eigenvalue weighted by Gasteiger charge is -2.15. The Morgan fingerprint density at radius 1 is 1.08 bits per heavy atom. The summed E-state index contributed by atoms with van der Waals surface area (Å²) in [6, 6.07) is 12.0. The highest BCUT2D eigenvalue weighted by Gasteiger charge is 2.34. The molecule has 0 spiro atoms. The van der Waals surface area contributed by atoms with Gasteiger partial charge in [0.25, 0.3) is 10.0 Å². The van der Waals surface area contributed by atoms with E-state index in [-0.39, 0.29) is 4.90 Å². The number of benzene rings is 2. The van der Waals surface area contributed by atoms with E-state index in [4.69, 9.17) is 9.47 Å². The number of hydrogen-bond acceptors (Lipinski definition) is 5. The summed E-state index contributed by atoms with van der Waals surface area (Å²) in [6.07, 6.45) is 0. The maximum absolute atomic E-state index is 12.2. The lowest BCUT2D eigenvalue weighted by atomic mass is 10.2. The van der Waals surface area contributed by atoms with E-state index in [0.29, 0.717) is 28.6 Å². The minimum Gasteiger partial charge on any atom is -0.493 e. The first kappa shape index (κ1) is 17.0. The van der Waals surface area contributed by atoms with Crippen LogP contribution >= 0.6 is 0 Å². The molecule has 0 bridgehead atoms. The van der Waals surface area contributed by atoms with E-state index in [1.54, 1.807) is 73.4 Å². The van der Waals surface area contributed by atoms with Crippen LogP contribution in [0.4, 0.5) is 5.69 Å². The predicted molar refractivity (Wildman–Crippen MR) is 94.5 cm³/mol. The summed E-state index contributed by atoms with van der Waals surface area (Å²) in [5.74, 6) is 1.44. The Morgan fingerprint density at radius 2 is 1.76 bits per heavy atom. The highest BCUT2D eigenvalue weighted by molar-refractivity contribution is 7.90. The van der Waals surface area contributed by atoms with Crippen molar-refractivity contribution in [2.75, 3.05) is 21.3 Å². The van der Waals surface area contributed by atoms with Gasteiger partial charge in [-0.05, 0) is 18.2 Å². The number of hydrogen-bond donors (Lipinski definition) is 0. The molecule has 0 amide bonds. The molecule has 0 unspecified atom stereocenters. The minimum atomic E-state index is -3.69. The number of amidine groups is 1. The fraction of sp³-hybridized carbons (Fsp3) is 0.176. The van der Waals surface area contributed by atoms with Crippen LogP contribution in [-0.4, -0.2) is 51.9 Å². The van der Waals surface area contributed by atoms with Crippen LogP contribution in [0.2, 0.25) is 0 Å². The maximum atomic E-state index is 12.2. The molecule has 0 radical (unpaired) electrons. The van der Waals surface area contributed by atoms with E-state index >= 15 is 0 Å². The second-order valence-corrected chi connectivity index (χ2v) is 6.92.